The lowest BCUT2D eigenvalue weighted by Gasteiger charge is -2.48. The number of esters is 1. The number of nitrogens with zero attached hydrogens (tertiary/aromatic N) is 6. The number of carbonyl (C=O) groups excluding carboxylic acids is 3. The van der Waals surface area contributed by atoms with Gasteiger partial charge in [0.25, 0.3) is 0 Å². The fourth-order valence-corrected chi connectivity index (χ4v) is 10.4. The maximum absolute atomic E-state index is 14.9. The molecule has 1 amide bonds. The summed E-state index contributed by atoms with van der Waals surface area (Å²) in [5.74, 6) is -3.47. The van der Waals surface area contributed by atoms with Crippen molar-refractivity contribution in [2.24, 2.45) is 34.7 Å². The van der Waals surface area contributed by atoms with Crippen LogP contribution in [0.25, 0.3) is 5.82 Å². The standard InChI is InChI=1S/C44H64N6O11/c1-11-33-44(8)38-26(4)35(51)24(2)19-43(7)39(60-41-36(52)32(48(9)10)18-25(3)58-41)27(5)37(28(6)40(53)59-33)55-21-29(22-56-43)31(20-49(38)42(54)61-44)47-57-23-30-14-12-15-34(46-30)50-17-13-16-45-50/h12-17,24-29,32-33,36-39,41,52H,11,18-23H2,1-10H3/b47-31-/t24-,25-,26+,27+,28-,29?,32+,33-,36-,37+,38+,39-,41+,43?,44?/m1/s1. The number of cyclic esters (lactones) is 1. The van der Waals surface area contributed by atoms with E-state index in [1.165, 1.54) is 4.90 Å². The van der Waals surface area contributed by atoms with Crippen LogP contribution in [0.4, 0.5) is 4.79 Å². The van der Waals surface area contributed by atoms with E-state index in [2.05, 4.69) is 5.10 Å². The Kier molecular flexibility index (Phi) is 13.3. The maximum Gasteiger partial charge on any atom is 0.411 e. The highest BCUT2D eigenvalue weighted by Crippen LogP contribution is 2.45. The molecule has 0 aromatic carbocycles. The Bertz CT molecular complexity index is 1910. The minimum atomic E-state index is -1.40. The average molecular weight is 853 g/mol. The zero-order chi connectivity index (χ0) is 44.0. The Morgan fingerprint density at radius 1 is 1.05 bits per heavy atom. The van der Waals surface area contributed by atoms with Gasteiger partial charge in [0.15, 0.2) is 24.3 Å². The Morgan fingerprint density at radius 3 is 2.52 bits per heavy atom. The molecular formula is C44H64N6O11. The lowest BCUT2D eigenvalue weighted by molar-refractivity contribution is -0.302. The number of carbonyl (C=O) groups is 3. The molecule has 0 aliphatic carbocycles. The number of Topliss-reactive ketones (excluding diaryl/α,β-unsaturated/α-hetero) is 1. The van der Waals surface area contributed by atoms with Gasteiger partial charge < -0.3 is 43.3 Å². The molecule has 0 spiro atoms. The first-order valence-corrected chi connectivity index (χ1v) is 21.7. The number of amides is 1. The highest BCUT2D eigenvalue weighted by Gasteiger charge is 2.61. The molecule has 0 radical (unpaired) electrons. The molecule has 7 rings (SSSR count). The molecule has 17 heteroatoms. The summed E-state index contributed by atoms with van der Waals surface area (Å²) in [4.78, 5) is 57.8. The van der Waals surface area contributed by atoms with Crippen molar-refractivity contribution in [3.8, 4) is 5.82 Å². The number of hydrogen-bond acceptors (Lipinski definition) is 15. The van der Waals surface area contributed by atoms with Crippen LogP contribution in [0.5, 0.6) is 0 Å². The number of ether oxygens (including phenoxy) is 6. The van der Waals surface area contributed by atoms with Gasteiger partial charge in [-0.05, 0) is 79.3 Å². The van der Waals surface area contributed by atoms with Crippen LogP contribution >= 0.6 is 0 Å². The number of aliphatic hydroxyl groups excluding tert-OH is 1. The molecular weight excluding hydrogens is 789 g/mol. The van der Waals surface area contributed by atoms with Crippen molar-refractivity contribution >= 4 is 23.6 Å². The van der Waals surface area contributed by atoms with Crippen molar-refractivity contribution in [2.75, 3.05) is 33.9 Å². The summed E-state index contributed by atoms with van der Waals surface area (Å²) in [6, 6.07) is 6.21. The van der Waals surface area contributed by atoms with Crippen LogP contribution in [-0.2, 0) is 49.5 Å². The quantitative estimate of drug-likeness (QED) is 0.295. The number of pyridine rings is 1. The van der Waals surface area contributed by atoms with E-state index < -0.39 is 89.6 Å². The first kappa shape index (κ1) is 45.0. The van der Waals surface area contributed by atoms with Crippen molar-refractivity contribution in [3.63, 3.8) is 0 Å². The van der Waals surface area contributed by atoms with E-state index >= 15 is 0 Å². The van der Waals surface area contributed by atoms with Crippen molar-refractivity contribution in [1.29, 1.82) is 0 Å². The van der Waals surface area contributed by atoms with Crippen molar-refractivity contribution in [3.05, 3.63) is 42.4 Å². The molecule has 61 heavy (non-hydrogen) atoms. The number of ketones is 1. The third kappa shape index (κ3) is 8.83. The molecule has 5 saturated heterocycles. The van der Waals surface area contributed by atoms with Crippen LogP contribution in [0.1, 0.15) is 80.3 Å². The monoisotopic (exact) mass is 852 g/mol. The van der Waals surface area contributed by atoms with Gasteiger partial charge in [0.05, 0.1) is 67.0 Å². The topological polar surface area (TPSA) is 186 Å². The van der Waals surface area contributed by atoms with Gasteiger partial charge in [0.2, 0.25) is 0 Å². The van der Waals surface area contributed by atoms with Gasteiger partial charge in [0.1, 0.15) is 18.0 Å². The number of fused-ring (bicyclic) bond motifs is 5. The van der Waals surface area contributed by atoms with E-state index in [1.807, 2.05) is 77.9 Å². The van der Waals surface area contributed by atoms with Gasteiger partial charge in [0, 0.05) is 42.1 Å². The summed E-state index contributed by atoms with van der Waals surface area (Å²) < 4.78 is 41.5. The van der Waals surface area contributed by atoms with Crippen LogP contribution < -0.4 is 0 Å². The fourth-order valence-electron chi connectivity index (χ4n) is 10.4. The molecule has 7 heterocycles. The number of aliphatic hydroxyl groups is 1. The molecule has 1 N–H and O–H groups in total. The predicted molar refractivity (Wildman–Crippen MR) is 220 cm³/mol. The largest absolute Gasteiger partial charge is 0.458 e. The van der Waals surface area contributed by atoms with E-state index in [9.17, 15) is 19.5 Å². The van der Waals surface area contributed by atoms with Crippen LogP contribution in [-0.4, -0.2) is 147 Å². The predicted octanol–water partition coefficient (Wildman–Crippen LogP) is 4.17. The Morgan fingerprint density at radius 2 is 1.82 bits per heavy atom. The zero-order valence-corrected chi connectivity index (χ0v) is 37.1. The third-order valence-electron chi connectivity index (χ3n) is 13.7. The summed E-state index contributed by atoms with van der Waals surface area (Å²) in [6.45, 7) is 14.8. The second-order valence-corrected chi connectivity index (χ2v) is 18.4. The summed E-state index contributed by atoms with van der Waals surface area (Å²) >= 11 is 0. The van der Waals surface area contributed by atoms with Gasteiger partial charge in [-0.2, -0.15) is 5.10 Å². The van der Waals surface area contributed by atoms with E-state index in [-0.39, 0.29) is 50.7 Å². The number of oxime groups is 1. The summed E-state index contributed by atoms with van der Waals surface area (Å²) in [7, 11) is 3.82. The van der Waals surface area contributed by atoms with E-state index in [4.69, 9.17) is 43.4 Å². The minimum Gasteiger partial charge on any atom is -0.458 e. The summed E-state index contributed by atoms with van der Waals surface area (Å²) in [6.07, 6.45) is -0.970. The molecule has 5 fully saturated rings. The molecule has 2 aromatic rings. The van der Waals surface area contributed by atoms with Crippen LogP contribution in [0.15, 0.2) is 41.8 Å². The van der Waals surface area contributed by atoms with Crippen LogP contribution in [0, 0.1) is 29.6 Å². The first-order chi connectivity index (χ1) is 28.9. The molecule has 0 saturated carbocycles. The smallest absolute Gasteiger partial charge is 0.411 e. The van der Waals surface area contributed by atoms with Gasteiger partial charge in [-0.15, -0.1) is 0 Å². The highest BCUT2D eigenvalue weighted by molar-refractivity contribution is 5.92. The molecule has 5 aliphatic rings. The second kappa shape index (κ2) is 18.0. The molecule has 17 nitrogen and oxygen atoms in total. The van der Waals surface area contributed by atoms with Crippen LogP contribution in [0.2, 0.25) is 0 Å². The van der Waals surface area contributed by atoms with Crippen molar-refractivity contribution < 1.29 is 52.7 Å². The second-order valence-electron chi connectivity index (χ2n) is 18.4. The SMILES string of the molecule is CC[C@H]1OC(=O)[C@H](C)[C@H]2OCC3COC(C)(C[C@@H](C)C(=O)[C@H](C)[C@@H]4N(C/C3=N/OCc3cccc(-n5cccn5)n3)C(=O)OC41C)[C@H](O[C@@H]1O[C@H](C)C[C@H](N(C)C)[C@H]1O)[C@H]2C. The molecule has 6 bridgehead atoms. The van der Waals surface area contributed by atoms with Crippen LogP contribution in [0.3, 0.4) is 0 Å². The fraction of sp³-hybridized carbons (Fsp3) is 0.727. The Balaban J connectivity index is 1.36. The Labute approximate surface area is 358 Å². The first-order valence-electron chi connectivity index (χ1n) is 21.7. The highest BCUT2D eigenvalue weighted by atomic mass is 16.7. The maximum atomic E-state index is 14.9. The van der Waals surface area contributed by atoms with Crippen molar-refractivity contribution in [2.45, 2.75) is 141 Å². The number of likely N-dealkylation sites (N-methyl/N-ethyl adjacent to an activating group) is 1. The van der Waals surface area contributed by atoms with E-state index in [1.54, 1.807) is 37.8 Å². The lowest BCUT2D eigenvalue weighted by atomic mass is 9.73. The Hall–Kier alpha value is -4.00. The average Bonchev–Trinajstić information content (AvgIpc) is 3.86. The van der Waals surface area contributed by atoms with Gasteiger partial charge in [-0.25, -0.2) is 14.5 Å². The van der Waals surface area contributed by atoms with Gasteiger partial charge in [-0.3, -0.25) is 14.5 Å². The molecule has 5 aliphatic heterocycles. The van der Waals surface area contributed by atoms with Gasteiger partial charge in [-0.1, -0.05) is 38.9 Å². The molecule has 15 atom stereocenters. The lowest BCUT2D eigenvalue weighted by Crippen LogP contribution is -2.61. The number of aromatic nitrogens is 3. The normalized spacial score (nSPS) is 40.5. The van der Waals surface area contributed by atoms with Gasteiger partial charge >= 0.3 is 12.1 Å². The molecule has 2 aromatic heterocycles. The van der Waals surface area contributed by atoms with Crippen molar-refractivity contribution in [1.82, 2.24) is 24.6 Å². The summed E-state index contributed by atoms with van der Waals surface area (Å²) in [5.41, 5.74) is -1.61. The van der Waals surface area contributed by atoms with E-state index in [0.717, 1.165) is 0 Å². The minimum absolute atomic E-state index is 0.00824. The number of hydrogen-bond donors (Lipinski definition) is 1. The summed E-state index contributed by atoms with van der Waals surface area (Å²) in [5, 5.41) is 20.7. The molecule has 3 unspecified atom stereocenters. The van der Waals surface area contributed by atoms with E-state index in [0.29, 0.717) is 30.1 Å². The third-order valence-corrected chi connectivity index (χ3v) is 13.7. The molecule has 336 valence electrons. The zero-order valence-electron chi connectivity index (χ0n) is 37.1. The number of rotatable bonds is 8.